The molecule has 1 aromatic rings. The van der Waals surface area contributed by atoms with Gasteiger partial charge >= 0.3 is 0 Å². The number of carbonyl (C=O) groups is 1. The van der Waals surface area contributed by atoms with Gasteiger partial charge in [0.2, 0.25) is 0 Å². The summed E-state index contributed by atoms with van der Waals surface area (Å²) in [6.45, 7) is 14.7. The Hall–Kier alpha value is -1.39. The average molecular weight is 388 g/mol. The van der Waals surface area contributed by atoms with Gasteiger partial charge in [-0.05, 0) is 50.9 Å². The van der Waals surface area contributed by atoms with Crippen molar-refractivity contribution < 1.29 is 4.79 Å². The van der Waals surface area contributed by atoms with Crippen LogP contribution < -0.4 is 4.90 Å². The van der Waals surface area contributed by atoms with Crippen LogP contribution in [0, 0.1) is 5.92 Å². The fraction of sp³-hybridized carbons (Fsp3) is 0.708. The Morgan fingerprint density at radius 3 is 2.18 bits per heavy atom. The molecule has 2 rings (SSSR count). The van der Waals surface area contributed by atoms with Crippen molar-refractivity contribution in [2.24, 2.45) is 5.92 Å². The van der Waals surface area contributed by atoms with Crippen LogP contribution in [0.25, 0.3) is 0 Å². The first-order valence-electron chi connectivity index (χ1n) is 11.3. The molecule has 1 heterocycles. The number of anilines is 1. The second-order valence-corrected chi connectivity index (χ2v) is 8.48. The van der Waals surface area contributed by atoms with Crippen LogP contribution in [0.4, 0.5) is 5.69 Å². The predicted molar refractivity (Wildman–Crippen MR) is 120 cm³/mol. The van der Waals surface area contributed by atoms with E-state index in [4.69, 9.17) is 0 Å². The second-order valence-electron chi connectivity index (χ2n) is 8.48. The van der Waals surface area contributed by atoms with Crippen molar-refractivity contribution in [3.8, 4) is 0 Å². The Kier molecular flexibility index (Phi) is 9.46. The summed E-state index contributed by atoms with van der Waals surface area (Å²) in [6, 6.07) is 9.64. The third-order valence-corrected chi connectivity index (χ3v) is 6.26. The molecular weight excluding hydrogens is 346 g/mol. The first-order valence-corrected chi connectivity index (χ1v) is 11.3. The molecule has 0 bridgehead atoms. The number of likely N-dealkylation sites (N-methyl/N-ethyl adjacent to an activating group) is 1. The molecule has 0 spiro atoms. The summed E-state index contributed by atoms with van der Waals surface area (Å²) in [5, 5.41) is 0. The molecule has 158 valence electrons. The Bertz CT molecular complexity index is 574. The van der Waals surface area contributed by atoms with E-state index in [1.807, 2.05) is 7.05 Å². The predicted octanol–water partition coefficient (Wildman–Crippen LogP) is 4.43. The van der Waals surface area contributed by atoms with Gasteiger partial charge in [0.1, 0.15) is 5.78 Å². The Morgan fingerprint density at radius 1 is 1.04 bits per heavy atom. The fourth-order valence-corrected chi connectivity index (χ4v) is 4.34. The van der Waals surface area contributed by atoms with Crippen LogP contribution in [-0.2, 0) is 11.3 Å². The summed E-state index contributed by atoms with van der Waals surface area (Å²) in [5.41, 5.74) is 2.60. The molecule has 1 aliphatic heterocycles. The third-order valence-electron chi connectivity index (χ3n) is 6.26. The average Bonchev–Trinajstić information content (AvgIpc) is 2.69. The monoisotopic (exact) mass is 387 g/mol. The zero-order chi connectivity index (χ0) is 20.5. The van der Waals surface area contributed by atoms with Crippen molar-refractivity contribution in [1.82, 2.24) is 9.80 Å². The Balaban J connectivity index is 1.82. The van der Waals surface area contributed by atoms with Gasteiger partial charge in [-0.1, -0.05) is 39.3 Å². The van der Waals surface area contributed by atoms with Crippen molar-refractivity contribution >= 4 is 11.5 Å². The lowest BCUT2D eigenvalue weighted by atomic mass is 9.98. The maximum absolute atomic E-state index is 12.3. The molecule has 0 N–H and O–H groups in total. The molecule has 0 saturated carbocycles. The largest absolute Gasteiger partial charge is 0.369 e. The van der Waals surface area contributed by atoms with Gasteiger partial charge in [-0.2, -0.15) is 0 Å². The zero-order valence-electron chi connectivity index (χ0n) is 18.8. The van der Waals surface area contributed by atoms with Gasteiger partial charge in [-0.25, -0.2) is 0 Å². The third kappa shape index (κ3) is 6.59. The smallest absolute Gasteiger partial charge is 0.149 e. The molecule has 4 nitrogen and oxygen atoms in total. The van der Waals surface area contributed by atoms with Gasteiger partial charge in [0, 0.05) is 50.4 Å². The summed E-state index contributed by atoms with van der Waals surface area (Å²) in [4.78, 5) is 19.6. The summed E-state index contributed by atoms with van der Waals surface area (Å²) in [7, 11) is 2.05. The molecule has 1 fully saturated rings. The van der Waals surface area contributed by atoms with Gasteiger partial charge in [0.05, 0.1) is 6.54 Å². The Morgan fingerprint density at radius 2 is 1.64 bits per heavy atom. The number of ketones is 1. The molecule has 0 aliphatic carbocycles. The molecule has 1 atom stereocenters. The lowest BCUT2D eigenvalue weighted by Gasteiger charge is -2.39. The van der Waals surface area contributed by atoms with E-state index in [9.17, 15) is 4.79 Å². The molecule has 0 amide bonds. The topological polar surface area (TPSA) is 26.8 Å². The van der Waals surface area contributed by atoms with E-state index >= 15 is 0 Å². The van der Waals surface area contributed by atoms with E-state index in [-0.39, 0.29) is 5.92 Å². The van der Waals surface area contributed by atoms with E-state index in [0.717, 1.165) is 45.6 Å². The number of rotatable bonds is 11. The summed E-state index contributed by atoms with van der Waals surface area (Å²) < 4.78 is 0. The Labute approximate surface area is 172 Å². The highest BCUT2D eigenvalue weighted by molar-refractivity contribution is 5.82. The number of Topliss-reactive ketones (excluding diaryl/α,β-unsaturated/α-hetero) is 1. The minimum Gasteiger partial charge on any atom is -0.369 e. The lowest BCUT2D eigenvalue weighted by Crippen LogP contribution is -2.49. The molecule has 4 heteroatoms. The van der Waals surface area contributed by atoms with Gasteiger partial charge in [-0.15, -0.1) is 0 Å². The summed E-state index contributed by atoms with van der Waals surface area (Å²) in [5.74, 6) is 0.586. The van der Waals surface area contributed by atoms with E-state index in [2.05, 4.69) is 66.7 Å². The van der Waals surface area contributed by atoms with Crippen LogP contribution in [0.3, 0.4) is 0 Å². The van der Waals surface area contributed by atoms with Crippen molar-refractivity contribution in [3.05, 3.63) is 29.8 Å². The summed E-state index contributed by atoms with van der Waals surface area (Å²) >= 11 is 0. The van der Waals surface area contributed by atoms with Crippen molar-refractivity contribution in [2.45, 2.75) is 66.0 Å². The number of hydrogen-bond acceptors (Lipinski definition) is 4. The van der Waals surface area contributed by atoms with E-state index in [1.54, 1.807) is 0 Å². The van der Waals surface area contributed by atoms with Crippen molar-refractivity contribution in [2.75, 3.05) is 44.7 Å². The number of carbonyl (C=O) groups excluding carboxylic acids is 1. The minimum absolute atomic E-state index is 0.212. The second kappa shape index (κ2) is 11.6. The number of piperazine rings is 1. The van der Waals surface area contributed by atoms with Crippen LogP contribution in [0.5, 0.6) is 0 Å². The fourth-order valence-electron chi connectivity index (χ4n) is 4.34. The van der Waals surface area contributed by atoms with Crippen LogP contribution in [0.2, 0.25) is 0 Å². The van der Waals surface area contributed by atoms with E-state index in [0.29, 0.717) is 18.4 Å². The maximum Gasteiger partial charge on any atom is 0.149 e. The molecule has 1 unspecified atom stereocenters. The van der Waals surface area contributed by atoms with Gasteiger partial charge in [-0.3, -0.25) is 14.6 Å². The zero-order valence-corrected chi connectivity index (χ0v) is 18.8. The van der Waals surface area contributed by atoms with Gasteiger partial charge in [0.25, 0.3) is 0 Å². The standard InChI is InChI=1S/C24H41N3O/c1-6-9-20(4)26-14-16-27(17-15-26)23-12-10-21(11-13-23)18-25(5)19-24(28)22(7-2)8-3/h10-13,20,22H,6-9,14-19H2,1-5H3. The van der Waals surface area contributed by atoms with Crippen LogP contribution in [-0.4, -0.2) is 61.4 Å². The van der Waals surface area contributed by atoms with Crippen LogP contribution >= 0.6 is 0 Å². The lowest BCUT2D eigenvalue weighted by molar-refractivity contribution is -0.124. The number of benzene rings is 1. The molecule has 28 heavy (non-hydrogen) atoms. The van der Waals surface area contributed by atoms with E-state index < -0.39 is 0 Å². The quantitative estimate of drug-likeness (QED) is 0.561. The van der Waals surface area contributed by atoms with Gasteiger partial charge < -0.3 is 4.90 Å². The summed E-state index contributed by atoms with van der Waals surface area (Å²) in [6.07, 6.45) is 4.45. The molecular formula is C24H41N3O. The normalized spacial score (nSPS) is 16.8. The van der Waals surface area contributed by atoms with Crippen molar-refractivity contribution in [1.29, 1.82) is 0 Å². The molecule has 0 aromatic heterocycles. The van der Waals surface area contributed by atoms with Crippen LogP contribution in [0.15, 0.2) is 24.3 Å². The SMILES string of the molecule is CCCC(C)N1CCN(c2ccc(CN(C)CC(=O)C(CC)CC)cc2)CC1. The van der Waals surface area contributed by atoms with Crippen LogP contribution in [0.1, 0.15) is 58.9 Å². The van der Waals surface area contributed by atoms with E-state index in [1.165, 1.54) is 24.1 Å². The molecule has 1 aliphatic rings. The van der Waals surface area contributed by atoms with Gasteiger partial charge in [0.15, 0.2) is 0 Å². The molecule has 1 aromatic carbocycles. The number of nitrogens with zero attached hydrogens (tertiary/aromatic N) is 3. The molecule has 1 saturated heterocycles. The van der Waals surface area contributed by atoms with Crippen molar-refractivity contribution in [3.63, 3.8) is 0 Å². The highest BCUT2D eigenvalue weighted by Gasteiger charge is 2.21. The first-order chi connectivity index (χ1) is 13.5. The number of hydrogen-bond donors (Lipinski definition) is 0. The highest BCUT2D eigenvalue weighted by Crippen LogP contribution is 2.20. The molecule has 0 radical (unpaired) electrons. The first kappa shape index (κ1) is 22.9. The highest BCUT2D eigenvalue weighted by atomic mass is 16.1. The maximum atomic E-state index is 12.3. The minimum atomic E-state index is 0.212.